The standard InChI is InChI=1S/C19H19ClN4O/c1-11-17-15(6-3-7-16(17)24(2)23-11)22-19(25)18-12-5-4-10-21-14(12)9-8-13(18)20/h4-5,8-10,15H,3,6-7H2,1-2H3,(H,22,25). The number of hydrogen-bond donors (Lipinski definition) is 1. The van der Waals surface area contributed by atoms with Gasteiger partial charge < -0.3 is 5.32 Å². The predicted octanol–water partition coefficient (Wildman–Crippen LogP) is 3.74. The van der Waals surface area contributed by atoms with Gasteiger partial charge in [-0.25, -0.2) is 0 Å². The van der Waals surface area contributed by atoms with Crippen molar-refractivity contribution in [1.29, 1.82) is 0 Å². The fourth-order valence-electron chi connectivity index (χ4n) is 3.82. The van der Waals surface area contributed by atoms with Gasteiger partial charge in [-0.15, -0.1) is 0 Å². The van der Waals surface area contributed by atoms with E-state index in [4.69, 9.17) is 11.6 Å². The van der Waals surface area contributed by atoms with E-state index < -0.39 is 0 Å². The van der Waals surface area contributed by atoms with Crippen LogP contribution in [0.4, 0.5) is 0 Å². The minimum Gasteiger partial charge on any atom is -0.345 e. The van der Waals surface area contributed by atoms with Crippen molar-refractivity contribution >= 4 is 28.4 Å². The molecule has 0 saturated heterocycles. The van der Waals surface area contributed by atoms with Gasteiger partial charge in [-0.2, -0.15) is 5.10 Å². The molecule has 0 spiro atoms. The zero-order valence-electron chi connectivity index (χ0n) is 14.2. The largest absolute Gasteiger partial charge is 0.345 e. The molecule has 0 radical (unpaired) electrons. The number of aromatic nitrogens is 3. The Hall–Kier alpha value is -2.40. The summed E-state index contributed by atoms with van der Waals surface area (Å²) in [5.74, 6) is -0.162. The molecule has 1 unspecified atom stereocenters. The molecule has 2 aromatic heterocycles. The van der Waals surface area contributed by atoms with Crippen molar-refractivity contribution in [1.82, 2.24) is 20.1 Å². The third-order valence-corrected chi connectivity index (χ3v) is 5.23. The second-order valence-corrected chi connectivity index (χ2v) is 6.89. The van der Waals surface area contributed by atoms with E-state index in [9.17, 15) is 4.79 Å². The molecular formula is C19H19ClN4O. The minimum atomic E-state index is -0.162. The number of nitrogens with zero attached hydrogens (tertiary/aromatic N) is 3. The number of nitrogens with one attached hydrogen (secondary N) is 1. The normalized spacial score (nSPS) is 16.7. The smallest absolute Gasteiger partial charge is 0.253 e. The van der Waals surface area contributed by atoms with E-state index in [1.807, 2.05) is 36.9 Å². The van der Waals surface area contributed by atoms with Crippen molar-refractivity contribution in [3.63, 3.8) is 0 Å². The van der Waals surface area contributed by atoms with Crippen LogP contribution in [0.25, 0.3) is 10.9 Å². The molecule has 0 fully saturated rings. The third-order valence-electron chi connectivity index (χ3n) is 4.91. The number of halogens is 1. The van der Waals surface area contributed by atoms with Crippen LogP contribution in [0.1, 0.15) is 46.2 Å². The molecule has 1 amide bonds. The van der Waals surface area contributed by atoms with Crippen LogP contribution < -0.4 is 5.32 Å². The van der Waals surface area contributed by atoms with Crippen LogP contribution in [0, 0.1) is 6.92 Å². The van der Waals surface area contributed by atoms with Crippen LogP contribution in [0.15, 0.2) is 30.5 Å². The number of carbonyl (C=O) groups is 1. The van der Waals surface area contributed by atoms with Crippen LogP contribution in [0.3, 0.4) is 0 Å². The molecule has 1 atom stereocenters. The maximum atomic E-state index is 13.0. The summed E-state index contributed by atoms with van der Waals surface area (Å²) in [6.07, 6.45) is 4.65. The van der Waals surface area contributed by atoms with E-state index in [0.29, 0.717) is 10.6 Å². The first-order chi connectivity index (χ1) is 12.1. The molecule has 2 heterocycles. The Morgan fingerprint density at radius 2 is 2.20 bits per heavy atom. The highest BCUT2D eigenvalue weighted by Gasteiger charge is 2.28. The third kappa shape index (κ3) is 2.68. The fraction of sp³-hybridized carbons (Fsp3) is 0.316. The molecule has 128 valence electrons. The summed E-state index contributed by atoms with van der Waals surface area (Å²) in [5, 5.41) is 8.91. The fourth-order valence-corrected chi connectivity index (χ4v) is 4.07. The van der Waals surface area contributed by atoms with Gasteiger partial charge in [0.25, 0.3) is 5.91 Å². The van der Waals surface area contributed by atoms with Gasteiger partial charge in [0.1, 0.15) is 0 Å². The van der Waals surface area contributed by atoms with Crippen molar-refractivity contribution in [3.8, 4) is 0 Å². The minimum absolute atomic E-state index is 0.0343. The van der Waals surface area contributed by atoms with Gasteiger partial charge in [0.2, 0.25) is 0 Å². The molecule has 0 aliphatic heterocycles. The Bertz CT molecular complexity index is 979. The van der Waals surface area contributed by atoms with Crippen LogP contribution >= 0.6 is 11.6 Å². The summed E-state index contributed by atoms with van der Waals surface area (Å²) in [7, 11) is 1.96. The van der Waals surface area contributed by atoms with Crippen molar-refractivity contribution in [3.05, 3.63) is 58.0 Å². The highest BCUT2D eigenvalue weighted by atomic mass is 35.5. The maximum absolute atomic E-state index is 13.0. The predicted molar refractivity (Wildman–Crippen MR) is 97.8 cm³/mol. The summed E-state index contributed by atoms with van der Waals surface area (Å²) in [4.78, 5) is 17.3. The van der Waals surface area contributed by atoms with Crippen LogP contribution in [-0.2, 0) is 13.5 Å². The van der Waals surface area contributed by atoms with Crippen molar-refractivity contribution < 1.29 is 4.79 Å². The molecule has 1 N–H and O–H groups in total. The van der Waals surface area contributed by atoms with Gasteiger partial charge in [-0.1, -0.05) is 17.7 Å². The molecule has 4 rings (SSSR count). The maximum Gasteiger partial charge on any atom is 0.253 e. The lowest BCUT2D eigenvalue weighted by molar-refractivity contribution is 0.0934. The second-order valence-electron chi connectivity index (χ2n) is 6.48. The van der Waals surface area contributed by atoms with Gasteiger partial charge >= 0.3 is 0 Å². The summed E-state index contributed by atoms with van der Waals surface area (Å²) in [5.41, 5.74) is 4.59. The van der Waals surface area contributed by atoms with Crippen LogP contribution in [0.5, 0.6) is 0 Å². The monoisotopic (exact) mass is 354 g/mol. The number of amides is 1. The average Bonchev–Trinajstić information content (AvgIpc) is 2.90. The van der Waals surface area contributed by atoms with Gasteiger partial charge in [0, 0.05) is 29.9 Å². The van der Waals surface area contributed by atoms with Crippen molar-refractivity contribution in [2.45, 2.75) is 32.2 Å². The lowest BCUT2D eigenvalue weighted by Gasteiger charge is -2.25. The van der Waals surface area contributed by atoms with Crippen LogP contribution in [-0.4, -0.2) is 20.7 Å². The molecule has 25 heavy (non-hydrogen) atoms. The molecule has 0 bridgehead atoms. The van der Waals surface area contributed by atoms with Gasteiger partial charge in [0.15, 0.2) is 0 Å². The van der Waals surface area contributed by atoms with Gasteiger partial charge in [0.05, 0.1) is 27.8 Å². The Balaban J connectivity index is 1.72. The number of benzene rings is 1. The first kappa shape index (κ1) is 16.1. The van der Waals surface area contributed by atoms with Crippen LogP contribution in [0.2, 0.25) is 5.02 Å². The highest BCUT2D eigenvalue weighted by molar-refractivity contribution is 6.35. The first-order valence-electron chi connectivity index (χ1n) is 8.42. The van der Waals surface area contributed by atoms with Gasteiger partial charge in [-0.3, -0.25) is 14.5 Å². The van der Waals surface area contributed by atoms with E-state index in [2.05, 4.69) is 15.4 Å². The number of rotatable bonds is 2. The Morgan fingerprint density at radius 3 is 3.04 bits per heavy atom. The van der Waals surface area contributed by atoms with Crippen molar-refractivity contribution in [2.24, 2.45) is 7.05 Å². The summed E-state index contributed by atoms with van der Waals surface area (Å²) >= 11 is 6.35. The number of fused-ring (bicyclic) bond motifs is 2. The second kappa shape index (κ2) is 6.15. The van der Waals surface area contributed by atoms with Gasteiger partial charge in [-0.05, 0) is 44.4 Å². The van der Waals surface area contributed by atoms with Crippen molar-refractivity contribution in [2.75, 3.05) is 0 Å². The highest BCUT2D eigenvalue weighted by Crippen LogP contribution is 2.33. The van der Waals surface area contributed by atoms with E-state index in [0.717, 1.165) is 41.4 Å². The van der Waals surface area contributed by atoms with E-state index in [1.165, 1.54) is 5.69 Å². The summed E-state index contributed by atoms with van der Waals surface area (Å²) < 4.78 is 1.93. The molecule has 1 aliphatic rings. The number of aryl methyl sites for hydroxylation is 2. The number of pyridine rings is 1. The quantitative estimate of drug-likeness (QED) is 0.762. The molecule has 0 saturated carbocycles. The molecular weight excluding hydrogens is 336 g/mol. The lowest BCUT2D eigenvalue weighted by atomic mass is 9.90. The van der Waals surface area contributed by atoms with E-state index >= 15 is 0 Å². The van der Waals surface area contributed by atoms with E-state index in [1.54, 1.807) is 12.3 Å². The summed E-state index contributed by atoms with van der Waals surface area (Å²) in [6, 6.07) is 7.23. The molecule has 3 aromatic rings. The zero-order valence-corrected chi connectivity index (χ0v) is 15.0. The SMILES string of the molecule is Cc1nn(C)c2c1C(NC(=O)c1c(Cl)ccc3ncccc13)CCC2. The Labute approximate surface area is 151 Å². The molecule has 1 aromatic carbocycles. The lowest BCUT2D eigenvalue weighted by Crippen LogP contribution is -2.31. The number of carbonyl (C=O) groups excluding carboxylic acids is 1. The summed E-state index contributed by atoms with van der Waals surface area (Å²) in [6.45, 7) is 2.00. The Kier molecular flexibility index (Phi) is 3.96. The van der Waals surface area contributed by atoms with E-state index in [-0.39, 0.29) is 11.9 Å². The molecule has 5 nitrogen and oxygen atoms in total. The first-order valence-corrected chi connectivity index (χ1v) is 8.80. The Morgan fingerprint density at radius 1 is 1.36 bits per heavy atom. The average molecular weight is 355 g/mol. The number of hydrogen-bond acceptors (Lipinski definition) is 3. The molecule has 1 aliphatic carbocycles. The molecule has 6 heteroatoms. The topological polar surface area (TPSA) is 59.8 Å². The zero-order chi connectivity index (χ0) is 17.6.